The first-order valence-corrected chi connectivity index (χ1v) is 4.87. The fourth-order valence-corrected chi connectivity index (χ4v) is 1.52. The Morgan fingerprint density at radius 1 is 1.23 bits per heavy atom. The molecule has 1 aliphatic carbocycles. The maximum Gasteiger partial charge on any atom is 0.0991 e. The lowest BCUT2D eigenvalue weighted by molar-refractivity contribution is 0.727. The van der Waals surface area contributed by atoms with Gasteiger partial charge in [0.2, 0.25) is 0 Å². The first kappa shape index (κ1) is 8.31. The molecule has 0 saturated heterocycles. The molecule has 1 saturated carbocycles. The molecule has 1 aromatic rings. The first-order valence-electron chi connectivity index (χ1n) is 4.87. The van der Waals surface area contributed by atoms with Gasteiger partial charge in [0.05, 0.1) is 11.6 Å². The molecular weight excluding hydrogens is 158 g/mol. The highest BCUT2D eigenvalue weighted by molar-refractivity contribution is 5.31. The van der Waals surface area contributed by atoms with E-state index < -0.39 is 0 Å². The van der Waals surface area contributed by atoms with Crippen LogP contribution in [0.3, 0.4) is 0 Å². The van der Waals surface area contributed by atoms with Crippen molar-refractivity contribution in [3.8, 4) is 6.07 Å². The summed E-state index contributed by atoms with van der Waals surface area (Å²) in [4.78, 5) is 0. The Kier molecular flexibility index (Phi) is 2.31. The van der Waals surface area contributed by atoms with Gasteiger partial charge in [-0.2, -0.15) is 5.26 Å². The van der Waals surface area contributed by atoms with Crippen molar-refractivity contribution in [1.29, 1.82) is 5.26 Å². The Balaban J connectivity index is 1.93. The number of hydrogen-bond donors (Lipinski definition) is 0. The summed E-state index contributed by atoms with van der Waals surface area (Å²) in [6, 6.07) is 10.1. The molecule has 1 aromatic carbocycles. The zero-order valence-corrected chi connectivity index (χ0v) is 7.66. The van der Waals surface area contributed by atoms with Crippen LogP contribution in [0.4, 0.5) is 0 Å². The summed E-state index contributed by atoms with van der Waals surface area (Å²) in [6.07, 6.45) is 5.36. The van der Waals surface area contributed by atoms with E-state index in [0.29, 0.717) is 0 Å². The van der Waals surface area contributed by atoms with E-state index in [0.717, 1.165) is 11.5 Å². The Morgan fingerprint density at radius 2 is 1.92 bits per heavy atom. The average molecular weight is 171 g/mol. The van der Waals surface area contributed by atoms with E-state index in [9.17, 15) is 0 Å². The van der Waals surface area contributed by atoms with Crippen LogP contribution in [-0.2, 0) is 6.42 Å². The summed E-state index contributed by atoms with van der Waals surface area (Å²) < 4.78 is 0. The number of rotatable bonds is 3. The van der Waals surface area contributed by atoms with Crippen molar-refractivity contribution in [2.24, 2.45) is 5.92 Å². The van der Waals surface area contributed by atoms with Gasteiger partial charge in [-0.25, -0.2) is 0 Å². The molecule has 0 atom stereocenters. The zero-order valence-electron chi connectivity index (χ0n) is 7.66. The quantitative estimate of drug-likeness (QED) is 0.686. The molecule has 0 radical (unpaired) electrons. The second kappa shape index (κ2) is 3.62. The minimum absolute atomic E-state index is 0.759. The predicted octanol–water partition coefficient (Wildman–Crippen LogP) is 2.90. The first-order chi connectivity index (χ1) is 6.38. The third-order valence-corrected chi connectivity index (χ3v) is 2.62. The van der Waals surface area contributed by atoms with E-state index in [1.165, 1.54) is 31.2 Å². The van der Waals surface area contributed by atoms with Crippen LogP contribution in [0.15, 0.2) is 24.3 Å². The molecule has 0 bridgehead atoms. The van der Waals surface area contributed by atoms with Crippen molar-refractivity contribution in [1.82, 2.24) is 0 Å². The molecule has 0 N–H and O–H groups in total. The molecule has 0 spiro atoms. The van der Waals surface area contributed by atoms with Crippen molar-refractivity contribution in [2.75, 3.05) is 0 Å². The van der Waals surface area contributed by atoms with Crippen LogP contribution in [0, 0.1) is 17.2 Å². The van der Waals surface area contributed by atoms with Crippen LogP contribution in [0.2, 0.25) is 0 Å². The highest BCUT2D eigenvalue weighted by Crippen LogP contribution is 2.33. The lowest BCUT2D eigenvalue weighted by Crippen LogP contribution is -1.86. The summed E-state index contributed by atoms with van der Waals surface area (Å²) in [7, 11) is 0. The number of hydrogen-bond acceptors (Lipinski definition) is 1. The maximum atomic E-state index is 8.61. The zero-order chi connectivity index (χ0) is 9.10. The fraction of sp³-hybridized carbons (Fsp3) is 0.417. The number of nitriles is 1. The third-order valence-electron chi connectivity index (χ3n) is 2.62. The van der Waals surface area contributed by atoms with Gasteiger partial charge in [0.25, 0.3) is 0 Å². The molecule has 2 rings (SSSR count). The monoisotopic (exact) mass is 171 g/mol. The minimum atomic E-state index is 0.759. The number of nitrogens with zero attached hydrogens (tertiary/aromatic N) is 1. The highest BCUT2D eigenvalue weighted by Gasteiger charge is 2.20. The van der Waals surface area contributed by atoms with Crippen LogP contribution >= 0.6 is 0 Å². The van der Waals surface area contributed by atoms with Crippen LogP contribution < -0.4 is 0 Å². The fourth-order valence-electron chi connectivity index (χ4n) is 1.52. The summed E-state index contributed by atoms with van der Waals surface area (Å²) in [5, 5.41) is 8.61. The van der Waals surface area contributed by atoms with Crippen molar-refractivity contribution in [2.45, 2.75) is 25.7 Å². The summed E-state index contributed by atoms with van der Waals surface area (Å²) in [6.45, 7) is 0. The van der Waals surface area contributed by atoms with Gasteiger partial charge in [-0.15, -0.1) is 0 Å². The van der Waals surface area contributed by atoms with Gasteiger partial charge in [0, 0.05) is 0 Å². The molecule has 13 heavy (non-hydrogen) atoms. The third kappa shape index (κ3) is 2.32. The van der Waals surface area contributed by atoms with E-state index in [1.54, 1.807) is 0 Å². The molecule has 1 nitrogen and oxygen atoms in total. The second-order valence-corrected chi connectivity index (χ2v) is 3.79. The molecule has 0 heterocycles. The van der Waals surface area contributed by atoms with Crippen molar-refractivity contribution < 1.29 is 0 Å². The molecule has 0 aromatic heterocycles. The van der Waals surface area contributed by atoms with Gasteiger partial charge in [-0.05, 0) is 36.5 Å². The van der Waals surface area contributed by atoms with Gasteiger partial charge < -0.3 is 0 Å². The van der Waals surface area contributed by atoms with E-state index in [4.69, 9.17) is 5.26 Å². The van der Waals surface area contributed by atoms with Gasteiger partial charge in [-0.3, -0.25) is 0 Å². The standard InChI is InChI=1S/C12H13N/c13-9-12-7-5-11(6-8-12)4-3-10-1-2-10/h5-8,10H,1-4H2. The number of aryl methyl sites for hydroxylation is 1. The molecule has 0 unspecified atom stereocenters. The number of benzene rings is 1. The highest BCUT2D eigenvalue weighted by atomic mass is 14.3. The molecule has 0 amide bonds. The normalized spacial score (nSPS) is 15.3. The molecule has 0 aliphatic heterocycles. The van der Waals surface area contributed by atoms with Gasteiger partial charge >= 0.3 is 0 Å². The molecule has 66 valence electrons. The topological polar surface area (TPSA) is 23.8 Å². The van der Waals surface area contributed by atoms with Crippen molar-refractivity contribution >= 4 is 0 Å². The van der Waals surface area contributed by atoms with E-state index >= 15 is 0 Å². The van der Waals surface area contributed by atoms with E-state index in [2.05, 4.69) is 18.2 Å². The Hall–Kier alpha value is -1.29. The lowest BCUT2D eigenvalue weighted by Gasteiger charge is -1.99. The van der Waals surface area contributed by atoms with Crippen LogP contribution in [0.1, 0.15) is 30.4 Å². The minimum Gasteiger partial charge on any atom is -0.192 e. The Morgan fingerprint density at radius 3 is 2.46 bits per heavy atom. The smallest absolute Gasteiger partial charge is 0.0991 e. The van der Waals surface area contributed by atoms with Crippen LogP contribution in [-0.4, -0.2) is 0 Å². The molecule has 1 fully saturated rings. The SMILES string of the molecule is N#Cc1ccc(CCC2CC2)cc1. The maximum absolute atomic E-state index is 8.61. The summed E-state index contributed by atoms with van der Waals surface area (Å²) in [5.41, 5.74) is 2.13. The molecular formula is C12H13N. The van der Waals surface area contributed by atoms with Crippen molar-refractivity contribution in [3.05, 3.63) is 35.4 Å². The van der Waals surface area contributed by atoms with Crippen LogP contribution in [0.5, 0.6) is 0 Å². The Bertz CT molecular complexity index is 314. The Labute approximate surface area is 79.0 Å². The predicted molar refractivity (Wildman–Crippen MR) is 52.2 cm³/mol. The largest absolute Gasteiger partial charge is 0.192 e. The van der Waals surface area contributed by atoms with E-state index in [1.807, 2.05) is 12.1 Å². The second-order valence-electron chi connectivity index (χ2n) is 3.79. The van der Waals surface area contributed by atoms with Crippen molar-refractivity contribution in [3.63, 3.8) is 0 Å². The van der Waals surface area contributed by atoms with Gasteiger partial charge in [0.15, 0.2) is 0 Å². The van der Waals surface area contributed by atoms with E-state index in [-0.39, 0.29) is 0 Å². The molecule has 1 heteroatoms. The lowest BCUT2D eigenvalue weighted by atomic mass is 10.1. The van der Waals surface area contributed by atoms with Crippen LogP contribution in [0.25, 0.3) is 0 Å². The van der Waals surface area contributed by atoms with Gasteiger partial charge in [-0.1, -0.05) is 25.0 Å². The molecule has 1 aliphatic rings. The summed E-state index contributed by atoms with van der Waals surface area (Å²) >= 11 is 0. The average Bonchev–Trinajstić information content (AvgIpc) is 2.99. The van der Waals surface area contributed by atoms with Gasteiger partial charge in [0.1, 0.15) is 0 Å². The summed E-state index contributed by atoms with van der Waals surface area (Å²) in [5.74, 6) is 0.996.